The number of nitrogens with zero attached hydrogens (tertiary/aromatic N) is 4. The van der Waals surface area contributed by atoms with E-state index in [2.05, 4.69) is 32.3 Å². The van der Waals surface area contributed by atoms with Crippen molar-refractivity contribution in [3.8, 4) is 0 Å². The molecule has 1 aliphatic heterocycles. The number of aromatic nitrogens is 4. The molecule has 2 aromatic heterocycles. The molecule has 0 saturated carbocycles. The molecular formula is C13H20N6O. The maximum atomic E-state index is 11.6. The summed E-state index contributed by atoms with van der Waals surface area (Å²) < 4.78 is 1.50. The van der Waals surface area contributed by atoms with Gasteiger partial charge in [-0.25, -0.2) is 19.3 Å². The minimum atomic E-state index is -0.235. The predicted octanol–water partition coefficient (Wildman–Crippen LogP) is 0.304. The molecule has 0 bridgehead atoms. The van der Waals surface area contributed by atoms with E-state index in [-0.39, 0.29) is 5.69 Å². The SMILES string of the molecule is CCCN(c1cc2n[nH]c(=O)n2c(C)n1)C1CCNC1. The fourth-order valence-corrected chi connectivity index (χ4v) is 2.86. The van der Waals surface area contributed by atoms with Gasteiger partial charge < -0.3 is 10.2 Å². The molecule has 108 valence electrons. The molecule has 3 rings (SSSR count). The summed E-state index contributed by atoms with van der Waals surface area (Å²) in [5.41, 5.74) is 0.394. The Morgan fingerprint density at radius 3 is 3.10 bits per heavy atom. The van der Waals surface area contributed by atoms with Crippen molar-refractivity contribution in [3.05, 3.63) is 22.4 Å². The highest BCUT2D eigenvalue weighted by Gasteiger charge is 2.23. The number of H-pyrrole nitrogens is 1. The molecule has 0 spiro atoms. The van der Waals surface area contributed by atoms with Crippen LogP contribution in [0.15, 0.2) is 10.9 Å². The molecule has 1 saturated heterocycles. The fourth-order valence-electron chi connectivity index (χ4n) is 2.86. The van der Waals surface area contributed by atoms with E-state index in [0.29, 0.717) is 17.5 Å². The van der Waals surface area contributed by atoms with Crippen molar-refractivity contribution in [2.24, 2.45) is 0 Å². The Bertz CT molecular complexity index is 654. The molecule has 7 nitrogen and oxygen atoms in total. The monoisotopic (exact) mass is 276 g/mol. The van der Waals surface area contributed by atoms with Crippen molar-refractivity contribution in [1.29, 1.82) is 0 Å². The van der Waals surface area contributed by atoms with Gasteiger partial charge in [0.25, 0.3) is 0 Å². The van der Waals surface area contributed by atoms with Crippen molar-refractivity contribution in [2.45, 2.75) is 32.7 Å². The molecule has 2 N–H and O–H groups in total. The number of hydrogen-bond acceptors (Lipinski definition) is 5. The number of aromatic amines is 1. The summed E-state index contributed by atoms with van der Waals surface area (Å²) >= 11 is 0. The van der Waals surface area contributed by atoms with Gasteiger partial charge in [0.15, 0.2) is 5.65 Å². The van der Waals surface area contributed by atoms with E-state index in [1.165, 1.54) is 4.40 Å². The van der Waals surface area contributed by atoms with Crippen molar-refractivity contribution in [3.63, 3.8) is 0 Å². The predicted molar refractivity (Wildman–Crippen MR) is 77.3 cm³/mol. The largest absolute Gasteiger partial charge is 0.352 e. The standard InChI is InChI=1S/C13H20N6O/c1-3-6-18(10-4-5-14-8-10)11-7-12-16-17-13(20)19(12)9(2)15-11/h7,10,14H,3-6,8H2,1-2H3,(H,17,20). The molecule has 0 aromatic carbocycles. The van der Waals surface area contributed by atoms with E-state index < -0.39 is 0 Å². The van der Waals surface area contributed by atoms with Crippen LogP contribution in [-0.4, -0.2) is 45.3 Å². The van der Waals surface area contributed by atoms with E-state index in [9.17, 15) is 4.79 Å². The fraction of sp³-hybridized carbons (Fsp3) is 0.615. The second kappa shape index (κ2) is 5.24. The van der Waals surface area contributed by atoms with E-state index in [4.69, 9.17) is 0 Å². The summed E-state index contributed by atoms with van der Waals surface area (Å²) in [4.78, 5) is 18.6. The van der Waals surface area contributed by atoms with Gasteiger partial charge in [0.1, 0.15) is 11.6 Å². The molecule has 3 heterocycles. The first kappa shape index (κ1) is 13.1. The van der Waals surface area contributed by atoms with E-state index in [0.717, 1.165) is 38.3 Å². The molecule has 20 heavy (non-hydrogen) atoms. The third kappa shape index (κ3) is 2.18. The third-order valence-corrected chi connectivity index (χ3v) is 3.79. The number of fused-ring (bicyclic) bond motifs is 1. The molecule has 1 aliphatic rings. The van der Waals surface area contributed by atoms with Gasteiger partial charge in [-0.3, -0.25) is 0 Å². The number of hydrogen-bond donors (Lipinski definition) is 2. The maximum Gasteiger partial charge on any atom is 0.349 e. The van der Waals surface area contributed by atoms with Gasteiger partial charge in [-0.15, -0.1) is 0 Å². The van der Waals surface area contributed by atoms with Crippen LogP contribution in [0.2, 0.25) is 0 Å². The third-order valence-electron chi connectivity index (χ3n) is 3.79. The summed E-state index contributed by atoms with van der Waals surface area (Å²) in [6, 6.07) is 2.36. The van der Waals surface area contributed by atoms with Crippen LogP contribution in [0.25, 0.3) is 5.65 Å². The van der Waals surface area contributed by atoms with Crippen LogP contribution in [0.4, 0.5) is 5.82 Å². The second-order valence-electron chi connectivity index (χ2n) is 5.22. The highest BCUT2D eigenvalue weighted by molar-refractivity contribution is 5.52. The van der Waals surface area contributed by atoms with E-state index >= 15 is 0 Å². The van der Waals surface area contributed by atoms with Crippen LogP contribution in [0.3, 0.4) is 0 Å². The highest BCUT2D eigenvalue weighted by atomic mass is 16.1. The molecule has 0 radical (unpaired) electrons. The number of rotatable bonds is 4. The zero-order chi connectivity index (χ0) is 14.1. The van der Waals surface area contributed by atoms with Crippen LogP contribution in [0.5, 0.6) is 0 Å². The zero-order valence-electron chi connectivity index (χ0n) is 11.9. The normalized spacial score (nSPS) is 18.8. The maximum absolute atomic E-state index is 11.6. The average Bonchev–Trinajstić information content (AvgIpc) is 3.06. The van der Waals surface area contributed by atoms with E-state index in [1.807, 2.05) is 13.0 Å². The van der Waals surface area contributed by atoms with Gasteiger partial charge in [-0.2, -0.15) is 5.10 Å². The summed E-state index contributed by atoms with van der Waals surface area (Å²) in [6.07, 6.45) is 2.19. The Morgan fingerprint density at radius 2 is 2.40 bits per heavy atom. The van der Waals surface area contributed by atoms with Crippen LogP contribution < -0.4 is 15.9 Å². The molecular weight excluding hydrogens is 256 g/mol. The van der Waals surface area contributed by atoms with Gasteiger partial charge in [-0.05, 0) is 26.3 Å². The lowest BCUT2D eigenvalue weighted by molar-refractivity contribution is 0.616. The minimum absolute atomic E-state index is 0.235. The van der Waals surface area contributed by atoms with Gasteiger partial charge in [0, 0.05) is 25.2 Å². The minimum Gasteiger partial charge on any atom is -0.352 e. The molecule has 2 aromatic rings. The quantitative estimate of drug-likeness (QED) is 0.840. The lowest BCUT2D eigenvalue weighted by atomic mass is 10.2. The Labute approximate surface area is 117 Å². The lowest BCUT2D eigenvalue weighted by Crippen LogP contribution is -2.38. The first-order valence-corrected chi connectivity index (χ1v) is 7.13. The van der Waals surface area contributed by atoms with Gasteiger partial charge in [0.05, 0.1) is 0 Å². The highest BCUT2D eigenvalue weighted by Crippen LogP contribution is 2.20. The molecule has 7 heteroatoms. The molecule has 1 atom stereocenters. The Morgan fingerprint density at radius 1 is 1.55 bits per heavy atom. The van der Waals surface area contributed by atoms with Crippen LogP contribution >= 0.6 is 0 Å². The van der Waals surface area contributed by atoms with Crippen molar-refractivity contribution >= 4 is 11.5 Å². The number of nitrogens with one attached hydrogen (secondary N) is 2. The average molecular weight is 276 g/mol. The summed E-state index contributed by atoms with van der Waals surface area (Å²) in [5.74, 6) is 1.58. The smallest absolute Gasteiger partial charge is 0.349 e. The van der Waals surface area contributed by atoms with Crippen molar-refractivity contribution in [1.82, 2.24) is 24.9 Å². The Kier molecular flexibility index (Phi) is 3.43. The summed E-state index contributed by atoms with van der Waals surface area (Å²) in [7, 11) is 0. The van der Waals surface area contributed by atoms with Gasteiger partial charge >= 0.3 is 5.69 Å². The lowest BCUT2D eigenvalue weighted by Gasteiger charge is -2.29. The van der Waals surface area contributed by atoms with Crippen molar-refractivity contribution < 1.29 is 0 Å². The van der Waals surface area contributed by atoms with E-state index in [1.54, 1.807) is 0 Å². The topological polar surface area (TPSA) is 78.3 Å². The first-order valence-electron chi connectivity index (χ1n) is 7.13. The van der Waals surface area contributed by atoms with Gasteiger partial charge in [-0.1, -0.05) is 6.92 Å². The second-order valence-corrected chi connectivity index (χ2v) is 5.22. The van der Waals surface area contributed by atoms with Crippen LogP contribution in [0, 0.1) is 6.92 Å². The number of aryl methyl sites for hydroxylation is 1. The molecule has 0 amide bonds. The molecule has 1 unspecified atom stereocenters. The molecule has 1 fully saturated rings. The molecule has 0 aliphatic carbocycles. The Hall–Kier alpha value is -1.89. The Balaban J connectivity index is 2.03. The number of anilines is 1. The zero-order valence-corrected chi connectivity index (χ0v) is 11.9. The summed E-state index contributed by atoms with van der Waals surface area (Å²) in [6.45, 7) is 7.00. The van der Waals surface area contributed by atoms with Crippen LogP contribution in [0.1, 0.15) is 25.6 Å². The van der Waals surface area contributed by atoms with Gasteiger partial charge in [0.2, 0.25) is 0 Å². The first-order chi connectivity index (χ1) is 9.70. The summed E-state index contributed by atoms with van der Waals surface area (Å²) in [5, 5.41) is 9.91. The van der Waals surface area contributed by atoms with Crippen molar-refractivity contribution in [2.75, 3.05) is 24.5 Å². The van der Waals surface area contributed by atoms with Crippen LogP contribution in [-0.2, 0) is 0 Å².